The van der Waals surface area contributed by atoms with E-state index < -0.39 is 0 Å². The third-order valence-corrected chi connectivity index (χ3v) is 4.92. The molecule has 0 N–H and O–H groups in total. The number of anilines is 1. The van der Waals surface area contributed by atoms with E-state index >= 15 is 0 Å². The van der Waals surface area contributed by atoms with Crippen molar-refractivity contribution in [1.82, 2.24) is 19.9 Å². The summed E-state index contributed by atoms with van der Waals surface area (Å²) in [7, 11) is 0. The van der Waals surface area contributed by atoms with Gasteiger partial charge < -0.3 is 9.80 Å². The van der Waals surface area contributed by atoms with Crippen molar-refractivity contribution in [2.75, 3.05) is 31.1 Å². The zero-order chi connectivity index (χ0) is 18.6. The van der Waals surface area contributed by atoms with Gasteiger partial charge in [-0.15, -0.1) is 5.10 Å². The van der Waals surface area contributed by atoms with E-state index in [0.717, 1.165) is 13.1 Å². The molecule has 0 spiro atoms. The molecule has 1 aromatic heterocycles. The smallest absolute Gasteiger partial charge is 0.277 e. The Labute approximate surface area is 156 Å². The second-order valence-electron chi connectivity index (χ2n) is 6.59. The van der Waals surface area contributed by atoms with Crippen molar-refractivity contribution in [2.45, 2.75) is 13.0 Å². The van der Waals surface area contributed by atoms with Crippen LogP contribution in [0.15, 0.2) is 59.4 Å². The SMILES string of the molecule is O=C(CCn1nnc2ccccc2c1=O)N1CCN(c2ccccc2)CC1. The van der Waals surface area contributed by atoms with E-state index in [4.69, 9.17) is 0 Å². The lowest BCUT2D eigenvalue weighted by molar-refractivity contribution is -0.131. The lowest BCUT2D eigenvalue weighted by atomic mass is 10.2. The van der Waals surface area contributed by atoms with Gasteiger partial charge in [-0.05, 0) is 24.3 Å². The summed E-state index contributed by atoms with van der Waals surface area (Å²) in [5.41, 5.74) is 1.55. The summed E-state index contributed by atoms with van der Waals surface area (Å²) in [4.78, 5) is 29.1. The second kappa shape index (κ2) is 7.57. The van der Waals surface area contributed by atoms with E-state index in [2.05, 4.69) is 27.3 Å². The normalized spacial score (nSPS) is 14.5. The van der Waals surface area contributed by atoms with Crippen LogP contribution in [0, 0.1) is 0 Å². The molecule has 0 radical (unpaired) electrons. The highest BCUT2D eigenvalue weighted by molar-refractivity contribution is 5.77. The largest absolute Gasteiger partial charge is 0.368 e. The van der Waals surface area contributed by atoms with Crippen molar-refractivity contribution in [2.24, 2.45) is 0 Å². The summed E-state index contributed by atoms with van der Waals surface area (Å²) in [6, 6.07) is 17.3. The third kappa shape index (κ3) is 3.67. The first kappa shape index (κ1) is 17.2. The number of piperazine rings is 1. The Morgan fingerprint density at radius 3 is 2.41 bits per heavy atom. The number of aryl methyl sites for hydroxylation is 1. The van der Waals surface area contributed by atoms with Gasteiger partial charge in [-0.2, -0.15) is 0 Å². The maximum absolute atomic E-state index is 12.5. The van der Waals surface area contributed by atoms with Gasteiger partial charge in [-0.25, -0.2) is 4.68 Å². The lowest BCUT2D eigenvalue weighted by Crippen LogP contribution is -2.49. The Balaban J connectivity index is 1.35. The van der Waals surface area contributed by atoms with E-state index in [1.807, 2.05) is 29.2 Å². The first-order valence-electron chi connectivity index (χ1n) is 9.13. The molecule has 2 aromatic carbocycles. The minimum Gasteiger partial charge on any atom is -0.368 e. The molecule has 27 heavy (non-hydrogen) atoms. The van der Waals surface area contributed by atoms with Crippen molar-refractivity contribution in [3.05, 3.63) is 65.0 Å². The van der Waals surface area contributed by atoms with Gasteiger partial charge in [-0.1, -0.05) is 35.5 Å². The fraction of sp³-hybridized carbons (Fsp3) is 0.300. The Morgan fingerprint density at radius 2 is 1.63 bits per heavy atom. The molecule has 1 aliphatic rings. The van der Waals surface area contributed by atoms with Crippen molar-refractivity contribution in [3.8, 4) is 0 Å². The van der Waals surface area contributed by atoms with Gasteiger partial charge in [0.1, 0.15) is 5.52 Å². The van der Waals surface area contributed by atoms with Gasteiger partial charge in [0, 0.05) is 38.3 Å². The van der Waals surface area contributed by atoms with Gasteiger partial charge in [0.15, 0.2) is 0 Å². The van der Waals surface area contributed by atoms with Crippen LogP contribution >= 0.6 is 0 Å². The highest BCUT2D eigenvalue weighted by atomic mass is 16.2. The fourth-order valence-electron chi connectivity index (χ4n) is 3.38. The summed E-state index contributed by atoms with van der Waals surface area (Å²) in [5, 5.41) is 8.53. The molecule has 2 heterocycles. The van der Waals surface area contributed by atoms with Gasteiger partial charge in [0.05, 0.1) is 11.9 Å². The standard InChI is InChI=1S/C20H21N5O2/c26-19(24-14-12-23(13-15-24)16-6-2-1-3-7-16)10-11-25-20(27)17-8-4-5-9-18(17)21-22-25/h1-9H,10-15H2. The van der Waals surface area contributed by atoms with Gasteiger partial charge in [0.2, 0.25) is 5.91 Å². The predicted molar refractivity (Wildman–Crippen MR) is 104 cm³/mol. The number of hydrogen-bond donors (Lipinski definition) is 0. The number of nitrogens with zero attached hydrogens (tertiary/aromatic N) is 5. The highest BCUT2D eigenvalue weighted by Crippen LogP contribution is 2.16. The van der Waals surface area contributed by atoms with Crippen LogP contribution < -0.4 is 10.5 Å². The second-order valence-corrected chi connectivity index (χ2v) is 6.59. The number of aromatic nitrogens is 3. The molecule has 1 fully saturated rings. The van der Waals surface area contributed by atoms with Crippen molar-refractivity contribution < 1.29 is 4.79 Å². The molecule has 0 atom stereocenters. The minimum atomic E-state index is -0.206. The number of hydrogen-bond acceptors (Lipinski definition) is 5. The Kier molecular flexibility index (Phi) is 4.82. The maximum atomic E-state index is 12.5. The Morgan fingerprint density at radius 1 is 0.926 bits per heavy atom. The monoisotopic (exact) mass is 363 g/mol. The van der Waals surface area contributed by atoms with Crippen LogP contribution in [0.1, 0.15) is 6.42 Å². The molecule has 138 valence electrons. The van der Waals surface area contributed by atoms with E-state index in [-0.39, 0.29) is 24.4 Å². The van der Waals surface area contributed by atoms with Gasteiger partial charge >= 0.3 is 0 Å². The summed E-state index contributed by atoms with van der Waals surface area (Å²) in [5.74, 6) is 0.0459. The number of fused-ring (bicyclic) bond motifs is 1. The average molecular weight is 363 g/mol. The Hall–Kier alpha value is -3.22. The summed E-state index contributed by atoms with van der Waals surface area (Å²) in [6.07, 6.45) is 0.248. The molecule has 1 saturated heterocycles. The van der Waals surface area contributed by atoms with E-state index in [1.165, 1.54) is 10.4 Å². The quantitative estimate of drug-likeness (QED) is 0.703. The molecule has 0 saturated carbocycles. The van der Waals surface area contributed by atoms with Crippen LogP contribution in [0.4, 0.5) is 5.69 Å². The Bertz CT molecular complexity index is 994. The molecule has 3 aromatic rings. The highest BCUT2D eigenvalue weighted by Gasteiger charge is 2.21. The summed E-state index contributed by atoms with van der Waals surface area (Å²) in [6.45, 7) is 3.24. The number of rotatable bonds is 4. The van der Waals surface area contributed by atoms with Crippen LogP contribution in [0.5, 0.6) is 0 Å². The fourth-order valence-corrected chi connectivity index (χ4v) is 3.38. The molecule has 7 nitrogen and oxygen atoms in total. The molecule has 0 aliphatic carbocycles. The van der Waals surface area contributed by atoms with Crippen LogP contribution in [0.25, 0.3) is 10.9 Å². The molecule has 1 amide bonds. The number of carbonyl (C=O) groups excluding carboxylic acids is 1. The first-order chi connectivity index (χ1) is 13.2. The van der Waals surface area contributed by atoms with Gasteiger partial charge in [-0.3, -0.25) is 9.59 Å². The number of benzene rings is 2. The van der Waals surface area contributed by atoms with Crippen molar-refractivity contribution >= 4 is 22.5 Å². The molecule has 4 rings (SSSR count). The van der Waals surface area contributed by atoms with Crippen molar-refractivity contribution in [3.63, 3.8) is 0 Å². The van der Waals surface area contributed by atoms with Crippen LogP contribution in [-0.4, -0.2) is 52.0 Å². The minimum absolute atomic E-state index is 0.0459. The molecule has 0 unspecified atom stereocenters. The maximum Gasteiger partial charge on any atom is 0.277 e. The first-order valence-corrected chi connectivity index (χ1v) is 9.13. The zero-order valence-corrected chi connectivity index (χ0v) is 15.0. The topological polar surface area (TPSA) is 71.3 Å². The molecular weight excluding hydrogens is 342 g/mol. The van der Waals surface area contributed by atoms with E-state index in [1.54, 1.807) is 18.2 Å². The summed E-state index contributed by atoms with van der Waals surface area (Å²) < 4.78 is 1.28. The number of carbonyl (C=O) groups is 1. The van der Waals surface area contributed by atoms with E-state index in [9.17, 15) is 9.59 Å². The van der Waals surface area contributed by atoms with Crippen LogP contribution in [0.2, 0.25) is 0 Å². The average Bonchev–Trinajstić information content (AvgIpc) is 2.74. The molecule has 1 aliphatic heterocycles. The van der Waals surface area contributed by atoms with Crippen LogP contribution in [0.3, 0.4) is 0 Å². The molecule has 0 bridgehead atoms. The number of para-hydroxylation sites is 1. The molecular formula is C20H21N5O2. The lowest BCUT2D eigenvalue weighted by Gasteiger charge is -2.36. The van der Waals surface area contributed by atoms with Crippen molar-refractivity contribution in [1.29, 1.82) is 0 Å². The zero-order valence-electron chi connectivity index (χ0n) is 15.0. The summed E-state index contributed by atoms with van der Waals surface area (Å²) >= 11 is 0. The van der Waals surface area contributed by atoms with E-state index in [0.29, 0.717) is 24.0 Å². The predicted octanol–water partition coefficient (Wildman–Crippen LogP) is 1.53. The van der Waals surface area contributed by atoms with Crippen LogP contribution in [-0.2, 0) is 11.3 Å². The molecule has 7 heteroatoms. The number of amides is 1. The van der Waals surface area contributed by atoms with Gasteiger partial charge in [0.25, 0.3) is 5.56 Å². The third-order valence-electron chi connectivity index (χ3n) is 4.92.